The molecule has 130 valence electrons. The van der Waals surface area contributed by atoms with Crippen molar-refractivity contribution in [3.63, 3.8) is 0 Å². The Kier molecular flexibility index (Phi) is 5.25. The van der Waals surface area contributed by atoms with Gasteiger partial charge in [0.2, 0.25) is 0 Å². The molecule has 3 aromatic rings. The summed E-state index contributed by atoms with van der Waals surface area (Å²) in [6.45, 7) is 2.51. The lowest BCUT2D eigenvalue weighted by Crippen LogP contribution is -2.11. The van der Waals surface area contributed by atoms with E-state index in [2.05, 4.69) is 20.5 Å². The molecule has 2 aromatic heterocycles. The zero-order chi connectivity index (χ0) is 17.8. The molecule has 7 nitrogen and oxygen atoms in total. The van der Waals surface area contributed by atoms with Crippen molar-refractivity contribution in [1.82, 2.24) is 19.7 Å². The van der Waals surface area contributed by atoms with Crippen LogP contribution >= 0.6 is 23.6 Å². The fraction of sp³-hybridized carbons (Fsp3) is 0.250. The fourth-order valence-electron chi connectivity index (χ4n) is 2.18. The van der Waals surface area contributed by atoms with Crippen LogP contribution in [0, 0.1) is 4.77 Å². The van der Waals surface area contributed by atoms with E-state index in [4.69, 9.17) is 17.0 Å². The van der Waals surface area contributed by atoms with Crippen LogP contribution in [0.4, 0.5) is 5.13 Å². The predicted molar refractivity (Wildman–Crippen MR) is 98.9 cm³/mol. The van der Waals surface area contributed by atoms with Crippen LogP contribution in [0.3, 0.4) is 0 Å². The van der Waals surface area contributed by atoms with Gasteiger partial charge in [-0.3, -0.25) is 15.2 Å². The van der Waals surface area contributed by atoms with Crippen molar-refractivity contribution in [2.24, 2.45) is 7.05 Å². The second-order valence-electron chi connectivity index (χ2n) is 5.24. The Bertz CT molecular complexity index is 927. The molecule has 0 bridgehead atoms. The number of nitrogens with zero attached hydrogens (tertiary/aromatic N) is 3. The van der Waals surface area contributed by atoms with Gasteiger partial charge >= 0.3 is 0 Å². The van der Waals surface area contributed by atoms with Gasteiger partial charge in [0.05, 0.1) is 18.7 Å². The molecule has 0 aliphatic rings. The summed E-state index contributed by atoms with van der Waals surface area (Å²) >= 11 is 6.47. The second kappa shape index (κ2) is 7.58. The number of H-pyrrole nitrogens is 1. The van der Waals surface area contributed by atoms with E-state index in [0.717, 1.165) is 17.3 Å². The number of aromatic nitrogens is 4. The predicted octanol–water partition coefficient (Wildman–Crippen LogP) is 3.18. The minimum atomic E-state index is -0.206. The minimum Gasteiger partial charge on any atom is -0.494 e. The van der Waals surface area contributed by atoms with Crippen molar-refractivity contribution < 1.29 is 9.53 Å². The molecule has 25 heavy (non-hydrogen) atoms. The van der Waals surface area contributed by atoms with Gasteiger partial charge in [-0.2, -0.15) is 5.10 Å². The van der Waals surface area contributed by atoms with E-state index in [1.54, 1.807) is 28.8 Å². The standard InChI is InChI=1S/C16H17N5O2S2/c1-3-23-12-6-4-10(5-7-12)14(22)18-15-17-11(9-25-15)8-13-19-20-16(24)21(13)2/h4-7,9H,3,8H2,1-2H3,(H,20,24)(H,17,18,22). The number of carbonyl (C=O) groups excluding carboxylic acids is 1. The number of aromatic amines is 1. The molecule has 0 atom stereocenters. The zero-order valence-corrected chi connectivity index (χ0v) is 15.4. The molecule has 0 fully saturated rings. The largest absolute Gasteiger partial charge is 0.494 e. The lowest BCUT2D eigenvalue weighted by atomic mass is 10.2. The number of benzene rings is 1. The molecule has 2 heterocycles. The third kappa shape index (κ3) is 4.12. The topological polar surface area (TPSA) is 84.8 Å². The highest BCUT2D eigenvalue weighted by atomic mass is 32.1. The SMILES string of the molecule is CCOc1ccc(C(=O)Nc2nc(Cc3n[nH]c(=S)n3C)cs2)cc1. The van der Waals surface area contributed by atoms with Crippen LogP contribution in [0.1, 0.15) is 28.8 Å². The summed E-state index contributed by atoms with van der Waals surface area (Å²) in [5, 5.41) is 12.2. The Hall–Kier alpha value is -2.52. The molecule has 0 radical (unpaired) electrons. The number of anilines is 1. The summed E-state index contributed by atoms with van der Waals surface area (Å²) in [6, 6.07) is 7.00. The van der Waals surface area contributed by atoms with Crippen LogP contribution < -0.4 is 10.1 Å². The summed E-state index contributed by atoms with van der Waals surface area (Å²) in [4.78, 5) is 16.7. The number of nitrogens with one attached hydrogen (secondary N) is 2. The summed E-state index contributed by atoms with van der Waals surface area (Å²) in [5.74, 6) is 1.32. The maximum atomic E-state index is 12.3. The molecular formula is C16H17N5O2S2. The normalized spacial score (nSPS) is 10.6. The maximum absolute atomic E-state index is 12.3. The number of rotatable bonds is 6. The number of carbonyl (C=O) groups is 1. The van der Waals surface area contributed by atoms with E-state index in [9.17, 15) is 4.79 Å². The van der Waals surface area contributed by atoms with Gasteiger partial charge in [-0.15, -0.1) is 11.3 Å². The minimum absolute atomic E-state index is 0.206. The molecule has 9 heteroatoms. The first-order valence-electron chi connectivity index (χ1n) is 7.65. The van der Waals surface area contributed by atoms with Crippen LogP contribution in [0.25, 0.3) is 0 Å². The second-order valence-corrected chi connectivity index (χ2v) is 6.48. The Morgan fingerprint density at radius 3 is 2.80 bits per heavy atom. The Morgan fingerprint density at radius 1 is 1.40 bits per heavy atom. The molecule has 2 N–H and O–H groups in total. The number of amides is 1. The van der Waals surface area contributed by atoms with Crippen molar-refractivity contribution in [2.45, 2.75) is 13.3 Å². The molecule has 1 amide bonds. The molecule has 0 aliphatic heterocycles. The molecule has 1 aromatic carbocycles. The van der Waals surface area contributed by atoms with Gasteiger partial charge in [-0.1, -0.05) is 0 Å². The van der Waals surface area contributed by atoms with Gasteiger partial charge in [0, 0.05) is 18.0 Å². The highest BCUT2D eigenvalue weighted by molar-refractivity contribution is 7.71. The molecule has 3 rings (SSSR count). The van der Waals surface area contributed by atoms with Crippen LogP contribution in [-0.4, -0.2) is 32.3 Å². The smallest absolute Gasteiger partial charge is 0.257 e. The number of ether oxygens (including phenoxy) is 1. The maximum Gasteiger partial charge on any atom is 0.257 e. The summed E-state index contributed by atoms with van der Waals surface area (Å²) in [7, 11) is 1.85. The van der Waals surface area contributed by atoms with E-state index in [1.165, 1.54) is 11.3 Å². The van der Waals surface area contributed by atoms with Crippen LogP contribution in [0.2, 0.25) is 0 Å². The van der Waals surface area contributed by atoms with Gasteiger partial charge in [0.15, 0.2) is 9.90 Å². The molecular weight excluding hydrogens is 358 g/mol. The van der Waals surface area contributed by atoms with Crippen molar-refractivity contribution in [1.29, 1.82) is 0 Å². The van der Waals surface area contributed by atoms with Crippen molar-refractivity contribution >= 4 is 34.6 Å². The zero-order valence-electron chi connectivity index (χ0n) is 13.8. The number of hydrogen-bond donors (Lipinski definition) is 2. The van der Waals surface area contributed by atoms with Crippen molar-refractivity contribution in [3.05, 3.63) is 51.5 Å². The van der Waals surface area contributed by atoms with E-state index >= 15 is 0 Å². The van der Waals surface area contributed by atoms with Gasteiger partial charge in [-0.05, 0) is 43.4 Å². The lowest BCUT2D eigenvalue weighted by Gasteiger charge is -2.04. The first-order valence-corrected chi connectivity index (χ1v) is 8.94. The first-order chi connectivity index (χ1) is 12.1. The van der Waals surface area contributed by atoms with Gasteiger partial charge < -0.3 is 9.30 Å². The van der Waals surface area contributed by atoms with Crippen LogP contribution in [-0.2, 0) is 13.5 Å². The van der Waals surface area contributed by atoms with Gasteiger partial charge in [-0.25, -0.2) is 4.98 Å². The highest BCUT2D eigenvalue weighted by Crippen LogP contribution is 2.19. The molecule has 0 saturated carbocycles. The Labute approximate surface area is 153 Å². The van der Waals surface area contributed by atoms with Gasteiger partial charge in [0.1, 0.15) is 11.6 Å². The highest BCUT2D eigenvalue weighted by Gasteiger charge is 2.11. The quantitative estimate of drug-likeness (QED) is 0.647. The molecule has 0 unspecified atom stereocenters. The average Bonchev–Trinajstić information content (AvgIpc) is 3.17. The van der Waals surface area contributed by atoms with E-state index < -0.39 is 0 Å². The number of hydrogen-bond acceptors (Lipinski definition) is 6. The average molecular weight is 375 g/mol. The summed E-state index contributed by atoms with van der Waals surface area (Å²) in [5.41, 5.74) is 1.37. The first kappa shape index (κ1) is 17.3. The third-order valence-electron chi connectivity index (χ3n) is 3.51. The lowest BCUT2D eigenvalue weighted by molar-refractivity contribution is 0.102. The van der Waals surface area contributed by atoms with E-state index in [0.29, 0.717) is 28.5 Å². The van der Waals surface area contributed by atoms with Crippen LogP contribution in [0.15, 0.2) is 29.6 Å². The van der Waals surface area contributed by atoms with Crippen molar-refractivity contribution in [2.75, 3.05) is 11.9 Å². The molecule has 0 spiro atoms. The van der Waals surface area contributed by atoms with E-state index in [1.807, 2.05) is 19.4 Å². The molecule has 0 saturated heterocycles. The summed E-state index contributed by atoms with van der Waals surface area (Å²) in [6.07, 6.45) is 0.541. The molecule has 0 aliphatic carbocycles. The third-order valence-corrected chi connectivity index (χ3v) is 4.68. The van der Waals surface area contributed by atoms with E-state index in [-0.39, 0.29) is 5.91 Å². The number of thiazole rings is 1. The Morgan fingerprint density at radius 2 is 2.16 bits per heavy atom. The fourth-order valence-corrected chi connectivity index (χ4v) is 3.04. The summed E-state index contributed by atoms with van der Waals surface area (Å²) < 4.78 is 7.73. The van der Waals surface area contributed by atoms with Crippen LogP contribution in [0.5, 0.6) is 5.75 Å². The van der Waals surface area contributed by atoms with Gasteiger partial charge in [0.25, 0.3) is 5.91 Å². The Balaban J connectivity index is 1.65. The van der Waals surface area contributed by atoms with Crippen molar-refractivity contribution in [3.8, 4) is 5.75 Å². The monoisotopic (exact) mass is 375 g/mol.